The minimum Gasteiger partial charge on any atom is -0.343 e. The normalized spacial score (nSPS) is 10.8. The molecular formula is C26H17F2N5O2. The van der Waals surface area contributed by atoms with Crippen LogP contribution in [0.2, 0.25) is 0 Å². The Kier molecular flexibility index (Phi) is 5.77. The molecule has 35 heavy (non-hydrogen) atoms. The molecule has 0 saturated carbocycles. The van der Waals surface area contributed by atoms with Gasteiger partial charge in [0, 0.05) is 17.1 Å². The topological polar surface area (TPSA) is 92.7 Å². The van der Waals surface area contributed by atoms with Crippen molar-refractivity contribution in [3.05, 3.63) is 106 Å². The van der Waals surface area contributed by atoms with Crippen molar-refractivity contribution in [2.45, 2.75) is 6.54 Å². The molecule has 0 unspecified atom stereocenters. The van der Waals surface area contributed by atoms with Gasteiger partial charge in [-0.3, -0.25) is 14.6 Å². The summed E-state index contributed by atoms with van der Waals surface area (Å²) in [5.41, 5.74) is 2.93. The second-order valence-electron chi connectivity index (χ2n) is 7.74. The maximum atomic E-state index is 13.5. The van der Waals surface area contributed by atoms with Gasteiger partial charge in [0.1, 0.15) is 5.56 Å². The van der Waals surface area contributed by atoms with Crippen molar-refractivity contribution in [1.82, 2.24) is 24.8 Å². The second-order valence-corrected chi connectivity index (χ2v) is 7.74. The third-order valence-corrected chi connectivity index (χ3v) is 5.43. The van der Waals surface area contributed by atoms with E-state index >= 15 is 0 Å². The Morgan fingerprint density at radius 1 is 1.09 bits per heavy atom. The quantitative estimate of drug-likeness (QED) is 0.395. The summed E-state index contributed by atoms with van der Waals surface area (Å²) in [6, 6.07) is 11.9. The van der Waals surface area contributed by atoms with E-state index in [1.54, 1.807) is 18.6 Å². The van der Waals surface area contributed by atoms with Gasteiger partial charge in [0.15, 0.2) is 11.6 Å². The SMILES string of the molecule is O=C(NCC#Cc1ccc2ncc3[nH]cnc3c2c1)c1cccn(Cc2ccc(F)c(F)c2)c1=O. The first kappa shape index (κ1) is 22.0. The fraction of sp³-hybridized carbons (Fsp3) is 0.0769. The number of benzene rings is 2. The number of aromatic amines is 1. The average molecular weight is 469 g/mol. The first-order valence-electron chi connectivity index (χ1n) is 10.6. The Morgan fingerprint density at radius 2 is 1.97 bits per heavy atom. The average Bonchev–Trinajstić information content (AvgIpc) is 3.35. The number of imidazole rings is 1. The van der Waals surface area contributed by atoms with Gasteiger partial charge in [0.2, 0.25) is 0 Å². The van der Waals surface area contributed by atoms with Gasteiger partial charge in [-0.15, -0.1) is 0 Å². The van der Waals surface area contributed by atoms with Crippen LogP contribution in [0.5, 0.6) is 0 Å². The van der Waals surface area contributed by atoms with Gasteiger partial charge in [-0.25, -0.2) is 13.8 Å². The molecule has 2 N–H and O–H groups in total. The van der Waals surface area contributed by atoms with Crippen molar-refractivity contribution in [3.8, 4) is 11.8 Å². The van der Waals surface area contributed by atoms with Crippen molar-refractivity contribution in [1.29, 1.82) is 0 Å². The number of pyridine rings is 2. The van der Waals surface area contributed by atoms with Crippen LogP contribution in [0.4, 0.5) is 8.78 Å². The van der Waals surface area contributed by atoms with E-state index in [-0.39, 0.29) is 18.7 Å². The smallest absolute Gasteiger partial charge is 0.263 e. The lowest BCUT2D eigenvalue weighted by molar-refractivity contribution is 0.0956. The first-order valence-corrected chi connectivity index (χ1v) is 10.6. The van der Waals surface area contributed by atoms with Crippen molar-refractivity contribution in [2.24, 2.45) is 0 Å². The molecule has 0 fully saturated rings. The number of halogens is 2. The predicted octanol–water partition coefficient (Wildman–Crippen LogP) is 3.38. The Morgan fingerprint density at radius 3 is 2.83 bits per heavy atom. The van der Waals surface area contributed by atoms with Gasteiger partial charge < -0.3 is 14.9 Å². The molecule has 172 valence electrons. The van der Waals surface area contributed by atoms with Crippen LogP contribution < -0.4 is 10.9 Å². The molecule has 0 bridgehead atoms. The van der Waals surface area contributed by atoms with Gasteiger partial charge in [-0.1, -0.05) is 17.9 Å². The number of fused-ring (bicyclic) bond motifs is 3. The standard InChI is InChI=1S/C26H17F2N5O2/c27-20-7-5-17(12-21(20)28)14-33-10-2-4-18(26(33)35)25(34)29-9-1-3-16-6-8-22-19(11-16)24-23(13-30-22)31-15-32-24/h2,4-8,10-13,15H,9,14H2,(H,29,34)(H,31,32). The summed E-state index contributed by atoms with van der Waals surface area (Å²) in [6.45, 7) is 0.0241. The van der Waals surface area contributed by atoms with E-state index in [0.717, 1.165) is 39.6 Å². The largest absolute Gasteiger partial charge is 0.343 e. The number of amides is 1. The van der Waals surface area contributed by atoms with Crippen LogP contribution in [-0.2, 0) is 6.54 Å². The van der Waals surface area contributed by atoms with E-state index in [2.05, 4.69) is 32.1 Å². The van der Waals surface area contributed by atoms with Crippen LogP contribution in [0.1, 0.15) is 21.5 Å². The van der Waals surface area contributed by atoms with Crippen LogP contribution in [-0.4, -0.2) is 32.0 Å². The highest BCUT2D eigenvalue weighted by Crippen LogP contribution is 2.21. The third-order valence-electron chi connectivity index (χ3n) is 5.43. The van der Waals surface area contributed by atoms with E-state index in [1.165, 1.54) is 22.9 Å². The summed E-state index contributed by atoms with van der Waals surface area (Å²) < 4.78 is 27.9. The Labute approximate surface area is 197 Å². The number of carbonyl (C=O) groups is 1. The molecule has 3 aromatic heterocycles. The zero-order valence-corrected chi connectivity index (χ0v) is 18.2. The van der Waals surface area contributed by atoms with Gasteiger partial charge in [0.05, 0.1) is 42.2 Å². The summed E-state index contributed by atoms with van der Waals surface area (Å²) >= 11 is 0. The maximum Gasteiger partial charge on any atom is 0.263 e. The van der Waals surface area contributed by atoms with Crippen LogP contribution in [0, 0.1) is 23.5 Å². The van der Waals surface area contributed by atoms with E-state index in [1.807, 2.05) is 18.2 Å². The molecule has 0 radical (unpaired) electrons. The zero-order valence-electron chi connectivity index (χ0n) is 18.2. The molecule has 0 spiro atoms. The Balaban J connectivity index is 1.28. The molecule has 0 atom stereocenters. The van der Waals surface area contributed by atoms with Gasteiger partial charge in [-0.2, -0.15) is 0 Å². The van der Waals surface area contributed by atoms with Gasteiger partial charge in [0.25, 0.3) is 11.5 Å². The molecular weight excluding hydrogens is 452 g/mol. The molecule has 2 aromatic carbocycles. The number of hydrogen-bond acceptors (Lipinski definition) is 4. The Bertz CT molecular complexity index is 1710. The Hall–Kier alpha value is -4.84. The number of nitrogens with one attached hydrogen (secondary N) is 2. The van der Waals surface area contributed by atoms with Crippen molar-refractivity contribution < 1.29 is 13.6 Å². The maximum absolute atomic E-state index is 13.5. The summed E-state index contributed by atoms with van der Waals surface area (Å²) in [6.07, 6.45) is 4.81. The van der Waals surface area contributed by atoms with Crippen molar-refractivity contribution in [3.63, 3.8) is 0 Å². The van der Waals surface area contributed by atoms with Crippen LogP contribution in [0.25, 0.3) is 21.9 Å². The van der Waals surface area contributed by atoms with Gasteiger partial charge in [-0.05, 0) is 48.0 Å². The molecule has 1 amide bonds. The van der Waals surface area contributed by atoms with Gasteiger partial charge >= 0.3 is 0 Å². The number of H-pyrrole nitrogens is 1. The molecule has 0 aliphatic carbocycles. The highest BCUT2D eigenvalue weighted by atomic mass is 19.2. The van der Waals surface area contributed by atoms with Crippen LogP contribution in [0.15, 0.2) is 72.0 Å². The minimum absolute atomic E-state index is 0.00293. The molecule has 5 rings (SSSR count). The minimum atomic E-state index is -1.00. The summed E-state index contributed by atoms with van der Waals surface area (Å²) in [7, 11) is 0. The van der Waals surface area contributed by atoms with Crippen molar-refractivity contribution >= 4 is 27.8 Å². The molecule has 0 aliphatic heterocycles. The molecule has 3 heterocycles. The number of nitrogens with zero attached hydrogens (tertiary/aromatic N) is 3. The second kappa shape index (κ2) is 9.19. The third kappa shape index (κ3) is 4.50. The van der Waals surface area contributed by atoms with Crippen molar-refractivity contribution in [2.75, 3.05) is 6.54 Å². The van der Waals surface area contributed by atoms with E-state index in [4.69, 9.17) is 0 Å². The lowest BCUT2D eigenvalue weighted by Crippen LogP contribution is -2.33. The summed E-state index contributed by atoms with van der Waals surface area (Å²) in [5, 5.41) is 3.48. The van der Waals surface area contributed by atoms with Crippen LogP contribution in [0.3, 0.4) is 0 Å². The summed E-state index contributed by atoms with van der Waals surface area (Å²) in [5.74, 6) is 3.32. The highest BCUT2D eigenvalue weighted by Gasteiger charge is 2.12. The highest BCUT2D eigenvalue weighted by molar-refractivity contribution is 6.02. The monoisotopic (exact) mass is 469 g/mol. The fourth-order valence-electron chi connectivity index (χ4n) is 3.70. The number of hydrogen-bond donors (Lipinski definition) is 2. The summed E-state index contributed by atoms with van der Waals surface area (Å²) in [4.78, 5) is 37.0. The molecule has 0 aliphatic rings. The molecule has 0 saturated heterocycles. The zero-order chi connectivity index (χ0) is 24.4. The predicted molar refractivity (Wildman–Crippen MR) is 127 cm³/mol. The lowest BCUT2D eigenvalue weighted by Gasteiger charge is -2.08. The molecule has 5 aromatic rings. The van der Waals surface area contributed by atoms with Crippen LogP contribution >= 0.6 is 0 Å². The number of carbonyl (C=O) groups excluding carboxylic acids is 1. The number of aromatic nitrogens is 4. The van der Waals surface area contributed by atoms with E-state index in [9.17, 15) is 18.4 Å². The lowest BCUT2D eigenvalue weighted by atomic mass is 10.1. The van der Waals surface area contributed by atoms with E-state index in [0.29, 0.717) is 5.56 Å². The fourth-order valence-corrected chi connectivity index (χ4v) is 3.70. The molecule has 9 heteroatoms. The first-order chi connectivity index (χ1) is 17.0. The number of rotatable bonds is 4. The van der Waals surface area contributed by atoms with E-state index < -0.39 is 23.1 Å². The molecule has 7 nitrogen and oxygen atoms in total.